The van der Waals surface area contributed by atoms with Crippen molar-refractivity contribution < 1.29 is 29.0 Å². The van der Waals surface area contributed by atoms with Crippen LogP contribution in [0.25, 0.3) is 20.9 Å². The van der Waals surface area contributed by atoms with Gasteiger partial charge in [-0.15, -0.1) is 34.0 Å². The Morgan fingerprint density at radius 3 is 1.76 bits per heavy atom. The summed E-state index contributed by atoms with van der Waals surface area (Å²) in [7, 11) is 0. The summed E-state index contributed by atoms with van der Waals surface area (Å²) in [4.78, 5) is 83.2. The number of likely N-dealkylation sites (tertiary alicyclic amines) is 2. The van der Waals surface area contributed by atoms with Crippen molar-refractivity contribution in [3.05, 3.63) is 116 Å². The van der Waals surface area contributed by atoms with Gasteiger partial charge in [0.15, 0.2) is 0 Å². The number of imidazole rings is 1. The van der Waals surface area contributed by atoms with Gasteiger partial charge >= 0.3 is 0 Å². The van der Waals surface area contributed by atoms with Gasteiger partial charge in [-0.3, -0.25) is 19.2 Å². The van der Waals surface area contributed by atoms with Crippen LogP contribution < -0.4 is 10.6 Å². The van der Waals surface area contributed by atoms with Gasteiger partial charge in [-0.25, -0.2) is 19.9 Å². The number of β-amino-alcohol motifs (C(OH)–C–C–N with tert-alkyl or cyclic N) is 1. The number of carbonyl (C=O) groups is 4. The predicted molar refractivity (Wildman–Crippen MR) is 264 cm³/mol. The van der Waals surface area contributed by atoms with Gasteiger partial charge in [-0.1, -0.05) is 76.2 Å². The van der Waals surface area contributed by atoms with Crippen molar-refractivity contribution in [2.75, 3.05) is 13.1 Å². The number of rotatable bonds is 17. The maximum absolute atomic E-state index is 14.5. The molecule has 6 aromatic rings. The van der Waals surface area contributed by atoms with Crippen LogP contribution in [0.5, 0.6) is 0 Å². The van der Waals surface area contributed by atoms with Gasteiger partial charge in [0, 0.05) is 56.3 Å². The van der Waals surface area contributed by atoms with E-state index >= 15 is 0 Å². The number of nitrogens with one attached hydrogen (secondary N) is 3. The SMILES string of the molecule is Cc1cnc([C@H](C(=O)N2C[C@H](OCc3nc([C@H](C(=O)N4C[C@H](O)C[C@H]4C(=O)NCc4ccc(-c5scnc5C)cc4)C(C)C)cs3)C[C@H]2C(=O)NCc2ccc(-c3scnc3C)cc2)C(C)C)[nH]1. The summed E-state index contributed by atoms with van der Waals surface area (Å²) >= 11 is 4.54. The Hall–Kier alpha value is -5.66. The number of nitrogens with zero attached hydrogens (tertiary/aromatic N) is 6. The van der Waals surface area contributed by atoms with E-state index in [1.54, 1.807) is 33.8 Å². The van der Waals surface area contributed by atoms with Crippen LogP contribution in [0.15, 0.2) is 71.1 Å². The van der Waals surface area contributed by atoms with Crippen molar-refractivity contribution in [3.8, 4) is 20.9 Å². The molecule has 4 amide bonds. The molecule has 2 fully saturated rings. The molecule has 2 aliphatic heterocycles. The first-order valence-electron chi connectivity index (χ1n) is 23.1. The Kier molecular flexibility index (Phi) is 15.3. The van der Waals surface area contributed by atoms with Gasteiger partial charge in [0.05, 0.1) is 68.5 Å². The molecular weight excluding hydrogens is 919 g/mol. The molecule has 0 bridgehead atoms. The minimum atomic E-state index is -0.836. The summed E-state index contributed by atoms with van der Waals surface area (Å²) < 4.78 is 6.45. The number of aromatic amines is 1. The van der Waals surface area contributed by atoms with Gasteiger partial charge in [-0.05, 0) is 54.9 Å². The number of hydrogen-bond acceptors (Lipinski definition) is 13. The predicted octanol–water partition coefficient (Wildman–Crippen LogP) is 7.30. The zero-order valence-corrected chi connectivity index (χ0v) is 41.8. The standard InChI is InChI=1S/C50H59N9O6S3/c1-27(2)42(49(63)58-21-36(60)16-39(58)47(61)52-19-32-8-12-34(13-9-32)44-30(6)54-25-67-44)38-24-66-41(57-38)23-65-37-17-40(59(22-37)50(64)43(28(3)4)46-51-18-29(5)56-46)48(62)53-20-33-10-14-35(15-11-33)45-31(7)55-26-68-45/h8-15,18,24-28,36-37,39-40,42-43,60H,16-17,19-23H2,1-7H3,(H,51,56)(H,52,61)(H,53,62)/t36-,37-,39+,40+,42-,43-/m1/s1. The van der Waals surface area contributed by atoms with E-state index < -0.39 is 36.1 Å². The van der Waals surface area contributed by atoms with Gasteiger partial charge in [-0.2, -0.15) is 0 Å². The summed E-state index contributed by atoms with van der Waals surface area (Å²) in [5, 5.41) is 19.3. The van der Waals surface area contributed by atoms with Crippen molar-refractivity contribution in [2.24, 2.45) is 11.8 Å². The number of ether oxygens (including phenoxy) is 1. The minimum Gasteiger partial charge on any atom is -0.391 e. The Bertz CT molecular complexity index is 2710. The molecule has 6 atom stereocenters. The molecule has 8 rings (SSSR count). The third kappa shape index (κ3) is 10.9. The van der Waals surface area contributed by atoms with Crippen LogP contribution in [0, 0.1) is 32.6 Å². The molecule has 4 aromatic heterocycles. The Labute approximate surface area is 408 Å². The number of benzene rings is 2. The lowest BCUT2D eigenvalue weighted by atomic mass is 9.91. The summed E-state index contributed by atoms with van der Waals surface area (Å²) in [5.41, 5.74) is 11.0. The average molecular weight is 978 g/mol. The molecule has 0 saturated carbocycles. The van der Waals surface area contributed by atoms with E-state index in [-0.39, 0.29) is 74.5 Å². The van der Waals surface area contributed by atoms with E-state index in [4.69, 9.17) is 9.72 Å². The zero-order chi connectivity index (χ0) is 48.2. The van der Waals surface area contributed by atoms with Gasteiger partial charge < -0.3 is 35.3 Å². The second kappa shape index (κ2) is 21.3. The Morgan fingerprint density at radius 2 is 1.26 bits per heavy atom. The van der Waals surface area contributed by atoms with Gasteiger partial charge in [0.25, 0.3) is 0 Å². The van der Waals surface area contributed by atoms with E-state index in [2.05, 4.69) is 30.6 Å². The molecule has 358 valence electrons. The van der Waals surface area contributed by atoms with Crippen LogP contribution in [0.1, 0.15) is 97.1 Å². The van der Waals surface area contributed by atoms with E-state index in [1.165, 1.54) is 16.2 Å². The number of amides is 4. The fourth-order valence-corrected chi connectivity index (χ4v) is 11.6. The maximum atomic E-state index is 14.5. The first-order chi connectivity index (χ1) is 32.6. The highest BCUT2D eigenvalue weighted by Crippen LogP contribution is 2.35. The van der Waals surface area contributed by atoms with E-state index in [9.17, 15) is 24.3 Å². The van der Waals surface area contributed by atoms with E-state index in [0.29, 0.717) is 23.1 Å². The molecule has 0 unspecified atom stereocenters. The molecule has 4 N–H and O–H groups in total. The summed E-state index contributed by atoms with van der Waals surface area (Å²) in [6, 6.07) is 14.4. The molecule has 0 aliphatic carbocycles. The summed E-state index contributed by atoms with van der Waals surface area (Å²) in [5.74, 6) is -2.01. The lowest BCUT2D eigenvalue weighted by molar-refractivity contribution is -0.140. The average Bonchev–Trinajstić information content (AvgIpc) is 4.19. The van der Waals surface area contributed by atoms with Crippen molar-refractivity contribution in [2.45, 2.75) is 117 Å². The summed E-state index contributed by atoms with van der Waals surface area (Å²) in [6.45, 7) is 14.6. The number of aryl methyl sites for hydroxylation is 3. The highest BCUT2D eigenvalue weighted by molar-refractivity contribution is 7.13. The van der Waals surface area contributed by atoms with E-state index in [0.717, 1.165) is 49.1 Å². The van der Waals surface area contributed by atoms with Crippen LogP contribution in [0.2, 0.25) is 0 Å². The van der Waals surface area contributed by atoms with Crippen LogP contribution in [0.3, 0.4) is 0 Å². The molecule has 0 spiro atoms. The molecule has 0 radical (unpaired) electrons. The van der Waals surface area contributed by atoms with Crippen molar-refractivity contribution in [3.63, 3.8) is 0 Å². The highest BCUT2D eigenvalue weighted by Gasteiger charge is 2.45. The highest BCUT2D eigenvalue weighted by atomic mass is 32.1. The topological polar surface area (TPSA) is 196 Å². The normalized spacial score (nSPS) is 19.2. The molecular formula is C50H59N9O6S3. The lowest BCUT2D eigenvalue weighted by Crippen LogP contribution is -2.48. The van der Waals surface area contributed by atoms with Gasteiger partial charge in [0.1, 0.15) is 22.9 Å². The quantitative estimate of drug-likeness (QED) is 0.0721. The Balaban J connectivity index is 0.915. The summed E-state index contributed by atoms with van der Waals surface area (Å²) in [6.07, 6.45) is 0.826. The second-order valence-electron chi connectivity index (χ2n) is 18.5. The molecule has 68 heavy (non-hydrogen) atoms. The molecule has 18 heteroatoms. The first-order valence-corrected chi connectivity index (χ1v) is 25.7. The fraction of sp³-hybridized carbons (Fsp3) is 0.440. The van der Waals surface area contributed by atoms with Crippen molar-refractivity contribution >= 4 is 57.6 Å². The number of aliphatic hydroxyl groups is 1. The van der Waals surface area contributed by atoms with Crippen LogP contribution >= 0.6 is 34.0 Å². The molecule has 2 aromatic carbocycles. The van der Waals surface area contributed by atoms with Crippen molar-refractivity contribution in [1.82, 2.24) is 45.4 Å². The van der Waals surface area contributed by atoms with Gasteiger partial charge in [0.2, 0.25) is 23.6 Å². The zero-order valence-electron chi connectivity index (χ0n) is 39.4. The lowest BCUT2D eigenvalue weighted by Gasteiger charge is -2.29. The first kappa shape index (κ1) is 48.8. The minimum absolute atomic E-state index is 0.0471. The second-order valence-corrected chi connectivity index (χ2v) is 21.1. The van der Waals surface area contributed by atoms with E-state index in [1.807, 2.05) is 113 Å². The molecule has 15 nitrogen and oxygen atoms in total. The molecule has 2 aliphatic rings. The number of thiazole rings is 3. The van der Waals surface area contributed by atoms with Crippen molar-refractivity contribution in [1.29, 1.82) is 0 Å². The third-order valence-electron chi connectivity index (χ3n) is 12.8. The number of hydrogen-bond donors (Lipinski definition) is 4. The van der Waals surface area contributed by atoms with Crippen LogP contribution in [-0.2, 0) is 43.6 Å². The smallest absolute Gasteiger partial charge is 0.243 e. The fourth-order valence-electron chi connectivity index (χ4n) is 9.18. The number of H-pyrrole nitrogens is 1. The maximum Gasteiger partial charge on any atom is 0.243 e. The number of aliphatic hydroxyl groups excluding tert-OH is 1. The van der Waals surface area contributed by atoms with Crippen LogP contribution in [0.4, 0.5) is 0 Å². The third-order valence-corrected chi connectivity index (χ3v) is 15.6. The molecule has 6 heterocycles. The Morgan fingerprint density at radius 1 is 0.735 bits per heavy atom. The van der Waals surface area contributed by atoms with Crippen LogP contribution in [-0.4, -0.2) is 101 Å². The number of carbonyl (C=O) groups excluding carboxylic acids is 4. The monoisotopic (exact) mass is 977 g/mol. The molecule has 2 saturated heterocycles. The largest absolute Gasteiger partial charge is 0.391 e. The number of aromatic nitrogens is 5.